The van der Waals surface area contributed by atoms with Crippen LogP contribution in [-0.4, -0.2) is 0 Å². The van der Waals surface area contributed by atoms with Crippen molar-refractivity contribution < 1.29 is 0 Å². The van der Waals surface area contributed by atoms with Crippen molar-refractivity contribution in [2.24, 2.45) is 0 Å². The van der Waals surface area contributed by atoms with Gasteiger partial charge in [-0.1, -0.05) is 192 Å². The van der Waals surface area contributed by atoms with Gasteiger partial charge < -0.3 is 0 Å². The normalized spacial score (nSPS) is 11.9. The summed E-state index contributed by atoms with van der Waals surface area (Å²) in [6.45, 7) is 4.60. The predicted octanol–water partition coefficient (Wildman–Crippen LogP) is 13.9. The van der Waals surface area contributed by atoms with E-state index in [-0.39, 0.29) is 0 Å². The van der Waals surface area contributed by atoms with E-state index in [0.29, 0.717) is 0 Å². The minimum atomic E-state index is 1.28. The largest absolute Gasteiger partial charge is 0.0834 e. The Hall–Kier alpha value is -0.0900. The van der Waals surface area contributed by atoms with E-state index in [1.54, 1.807) is 0 Å². The van der Waals surface area contributed by atoms with Crippen LogP contribution >= 0.6 is 8.58 Å². The van der Waals surface area contributed by atoms with Gasteiger partial charge in [0.2, 0.25) is 0 Å². The van der Waals surface area contributed by atoms with E-state index >= 15 is 0 Å². The van der Waals surface area contributed by atoms with E-state index in [2.05, 4.69) is 37.6 Å². The number of hydrogen-bond acceptors (Lipinski definition) is 0. The molecule has 0 bridgehead atoms. The highest BCUT2D eigenvalue weighted by molar-refractivity contribution is 7.45. The van der Waals surface area contributed by atoms with Crippen LogP contribution in [0.1, 0.15) is 194 Å². The van der Waals surface area contributed by atoms with E-state index in [4.69, 9.17) is 0 Å². The van der Waals surface area contributed by atoms with Gasteiger partial charge in [-0.05, 0) is 34.3 Å². The van der Waals surface area contributed by atoms with Crippen LogP contribution in [-0.2, 0) is 0 Å². The minimum Gasteiger partial charge on any atom is -0.0834 e. The van der Waals surface area contributed by atoms with Crippen LogP contribution in [0.4, 0.5) is 0 Å². The van der Waals surface area contributed by atoms with Crippen molar-refractivity contribution >= 4 is 8.58 Å². The summed E-state index contributed by atoms with van der Waals surface area (Å²) < 4.78 is 0. The van der Waals surface area contributed by atoms with E-state index in [1.807, 2.05) is 0 Å². The maximum atomic E-state index is 2.40. The molecule has 207 valence electrons. The zero-order valence-corrected chi connectivity index (χ0v) is 25.5. The third-order valence-electron chi connectivity index (χ3n) is 7.33. The fourth-order valence-corrected chi connectivity index (χ4v) is 5.52. The number of allylic oxidation sites excluding steroid dienone is 2. The first kappa shape index (κ1) is 34.9. The lowest BCUT2D eigenvalue weighted by molar-refractivity contribution is 0.540. The second-order valence-electron chi connectivity index (χ2n) is 11.0. The van der Waals surface area contributed by atoms with Gasteiger partial charge >= 0.3 is 0 Å². The first-order valence-electron chi connectivity index (χ1n) is 16.4. The monoisotopic (exact) mass is 505 g/mol. The Labute approximate surface area is 225 Å². The van der Waals surface area contributed by atoms with Gasteiger partial charge in [0.15, 0.2) is 0 Å². The third kappa shape index (κ3) is 33.9. The molecule has 0 aromatic heterocycles. The number of unbranched alkanes of at least 4 members (excludes halogenated alkanes) is 26. The van der Waals surface area contributed by atoms with Crippen LogP contribution in [0.25, 0.3) is 0 Å². The van der Waals surface area contributed by atoms with Gasteiger partial charge in [-0.25, -0.2) is 0 Å². The molecule has 0 amide bonds. The van der Waals surface area contributed by atoms with E-state index in [1.165, 1.54) is 188 Å². The zero-order valence-electron chi connectivity index (χ0n) is 24.6. The molecular formula is C34H66P. The fraction of sp³-hybridized carbons (Fsp3) is 0.882. The van der Waals surface area contributed by atoms with E-state index < -0.39 is 0 Å². The summed E-state index contributed by atoms with van der Waals surface area (Å²) in [7, 11) is 1.38. The Bertz CT molecular complexity index is 373. The highest BCUT2D eigenvalue weighted by Gasteiger charge is 1.94. The second kappa shape index (κ2) is 33.9. The summed E-state index contributed by atoms with van der Waals surface area (Å²) in [5.41, 5.74) is 0. The predicted molar refractivity (Wildman–Crippen MR) is 166 cm³/mol. The molecular weight excluding hydrogens is 439 g/mol. The van der Waals surface area contributed by atoms with Gasteiger partial charge in [0.25, 0.3) is 0 Å². The van der Waals surface area contributed by atoms with Gasteiger partial charge in [0.05, 0.1) is 0 Å². The molecule has 0 atom stereocenters. The molecule has 0 aliphatic heterocycles. The molecule has 0 aromatic rings. The highest BCUT2D eigenvalue weighted by Crippen LogP contribution is 2.18. The Morgan fingerprint density at radius 2 is 0.543 bits per heavy atom. The lowest BCUT2D eigenvalue weighted by Crippen LogP contribution is -1.82. The quantitative estimate of drug-likeness (QED) is 0.0672. The molecule has 0 aliphatic rings. The van der Waals surface area contributed by atoms with Gasteiger partial charge in [0.1, 0.15) is 0 Å². The maximum absolute atomic E-state index is 2.40. The number of hydrogen-bond donors (Lipinski definition) is 0. The van der Waals surface area contributed by atoms with Crippen molar-refractivity contribution in [2.45, 2.75) is 194 Å². The summed E-state index contributed by atoms with van der Waals surface area (Å²) in [6.07, 6.45) is 44.9. The lowest BCUT2D eigenvalue weighted by atomic mass is 10.0. The van der Waals surface area contributed by atoms with Crippen molar-refractivity contribution in [3.05, 3.63) is 23.8 Å². The minimum absolute atomic E-state index is 1.28. The SMILES string of the molecule is CCCCCCCCCCCCCCC/C=C/[P]/C=C/CCCCCCCCCCCCCCC. The third-order valence-corrected chi connectivity index (χ3v) is 8.10. The van der Waals surface area contributed by atoms with Gasteiger partial charge in [-0.3, -0.25) is 0 Å². The molecule has 35 heavy (non-hydrogen) atoms. The molecule has 0 rings (SSSR count). The van der Waals surface area contributed by atoms with Crippen LogP contribution in [0, 0.1) is 0 Å². The van der Waals surface area contributed by atoms with Crippen LogP contribution < -0.4 is 0 Å². The van der Waals surface area contributed by atoms with Crippen molar-refractivity contribution in [2.75, 3.05) is 0 Å². The molecule has 1 radical (unpaired) electrons. The fourth-order valence-electron chi connectivity index (χ4n) is 4.88. The molecule has 0 unspecified atom stereocenters. The molecule has 0 spiro atoms. The van der Waals surface area contributed by atoms with Crippen LogP contribution in [0.3, 0.4) is 0 Å². The van der Waals surface area contributed by atoms with Crippen molar-refractivity contribution in [3.8, 4) is 0 Å². The Morgan fingerprint density at radius 3 is 0.800 bits per heavy atom. The summed E-state index contributed by atoms with van der Waals surface area (Å²) in [6, 6.07) is 0. The van der Waals surface area contributed by atoms with Crippen LogP contribution in [0.2, 0.25) is 0 Å². The summed E-state index contributed by atoms with van der Waals surface area (Å²) in [4.78, 5) is 0. The maximum Gasteiger partial charge on any atom is -0.0267 e. The Balaban J connectivity index is 3.14. The molecule has 0 N–H and O–H groups in total. The smallest absolute Gasteiger partial charge is 0.0267 e. The molecule has 0 aliphatic carbocycles. The van der Waals surface area contributed by atoms with Crippen LogP contribution in [0.15, 0.2) is 23.8 Å². The molecule has 0 nitrogen and oxygen atoms in total. The summed E-state index contributed by atoms with van der Waals surface area (Å²) >= 11 is 0. The molecule has 0 saturated heterocycles. The molecule has 0 fully saturated rings. The Morgan fingerprint density at radius 1 is 0.314 bits per heavy atom. The van der Waals surface area contributed by atoms with Crippen LogP contribution in [0.5, 0.6) is 0 Å². The van der Waals surface area contributed by atoms with Gasteiger partial charge in [-0.15, -0.1) is 0 Å². The van der Waals surface area contributed by atoms with E-state index in [9.17, 15) is 0 Å². The first-order valence-corrected chi connectivity index (χ1v) is 17.4. The van der Waals surface area contributed by atoms with Crippen molar-refractivity contribution in [3.63, 3.8) is 0 Å². The van der Waals surface area contributed by atoms with Crippen molar-refractivity contribution in [1.29, 1.82) is 0 Å². The molecule has 0 aromatic carbocycles. The van der Waals surface area contributed by atoms with E-state index in [0.717, 1.165) is 0 Å². The average Bonchev–Trinajstić information content (AvgIpc) is 2.87. The zero-order chi connectivity index (χ0) is 25.3. The van der Waals surface area contributed by atoms with Gasteiger partial charge in [-0.2, -0.15) is 0 Å². The molecule has 1 heteroatoms. The Kier molecular flexibility index (Phi) is 33.8. The highest BCUT2D eigenvalue weighted by atomic mass is 31.1. The topological polar surface area (TPSA) is 0 Å². The second-order valence-corrected chi connectivity index (χ2v) is 11.9. The standard InChI is InChI=1S/C34H66P/c1-3-5-7-9-11-13-15-17-19-21-23-25-27-29-31-33-35-34-32-30-28-26-24-22-20-18-16-14-12-10-8-6-4-2/h31-34H,3-30H2,1-2H3/b33-31+,34-32+. The van der Waals surface area contributed by atoms with Crippen molar-refractivity contribution in [1.82, 2.24) is 0 Å². The molecule has 0 heterocycles. The average molecular weight is 506 g/mol. The number of rotatable bonds is 30. The molecule has 0 saturated carbocycles. The summed E-state index contributed by atoms with van der Waals surface area (Å²) in [5.74, 6) is 4.70. The van der Waals surface area contributed by atoms with Gasteiger partial charge in [0, 0.05) is 0 Å². The lowest BCUT2D eigenvalue weighted by Gasteiger charge is -2.02. The summed E-state index contributed by atoms with van der Waals surface area (Å²) in [5, 5.41) is 0. The first-order chi connectivity index (χ1) is 17.4.